The Bertz CT molecular complexity index is 1440. The molecule has 0 unspecified atom stereocenters. The topological polar surface area (TPSA) is 145 Å². The SMILES string of the molecule is CC(C)(C)OC(=O)CC[C@H]1[C@@H](OCc2ccccc2)[C@@H](NCC(=O)OC(C)(C)C)[C@@H](OCc2ccccc2)[C@@H](NC(CO)CO)[C@H]1OCc1ccccc1. The number of hydrogen-bond acceptors (Lipinski definition) is 11. The summed E-state index contributed by atoms with van der Waals surface area (Å²) in [6, 6.07) is 27.3. The van der Waals surface area contributed by atoms with E-state index >= 15 is 0 Å². The fraction of sp³-hybridized carbons (Fsp3) is 0.535. The normalized spacial score (nSPS) is 21.9. The number of benzene rings is 3. The van der Waals surface area contributed by atoms with Crippen LogP contribution in [0.25, 0.3) is 0 Å². The third-order valence-electron chi connectivity index (χ3n) is 8.99. The van der Waals surface area contributed by atoms with E-state index in [1.54, 1.807) is 0 Å². The number of aliphatic hydroxyl groups is 2. The lowest BCUT2D eigenvalue weighted by Crippen LogP contribution is -2.72. The average molecular weight is 749 g/mol. The minimum Gasteiger partial charge on any atom is -0.460 e. The van der Waals surface area contributed by atoms with Gasteiger partial charge in [0.2, 0.25) is 0 Å². The van der Waals surface area contributed by atoms with Crippen LogP contribution in [0.2, 0.25) is 0 Å². The summed E-state index contributed by atoms with van der Waals surface area (Å²) in [5.41, 5.74) is 1.43. The molecule has 0 spiro atoms. The molecule has 0 heterocycles. The number of ether oxygens (including phenoxy) is 5. The molecule has 0 aliphatic heterocycles. The lowest BCUT2D eigenvalue weighted by atomic mass is 9.73. The van der Waals surface area contributed by atoms with Crippen molar-refractivity contribution in [2.75, 3.05) is 19.8 Å². The third-order valence-corrected chi connectivity index (χ3v) is 8.99. The van der Waals surface area contributed by atoms with Gasteiger partial charge in [-0.2, -0.15) is 0 Å². The molecule has 6 atom stereocenters. The maximum absolute atomic E-state index is 13.3. The zero-order valence-corrected chi connectivity index (χ0v) is 32.6. The molecule has 1 saturated carbocycles. The summed E-state index contributed by atoms with van der Waals surface area (Å²) in [6.07, 6.45) is -1.66. The lowest BCUT2D eigenvalue weighted by Gasteiger charge is -2.52. The van der Waals surface area contributed by atoms with Crippen LogP contribution in [0.5, 0.6) is 0 Å². The van der Waals surface area contributed by atoms with Gasteiger partial charge in [-0.15, -0.1) is 0 Å². The standard InChI is InChI=1S/C43H60N2O9/c1-42(2,3)53-35(48)23-22-34-39(50-27-30-16-10-7-11-17-30)37(44-24-36(49)54-43(4,5)6)41(52-29-32-20-14-9-15-21-32)38(45-33(25-46)26-47)40(34)51-28-31-18-12-8-13-19-31/h7-21,33-34,37-41,44-47H,22-29H2,1-6H3/t34-,37+,38-,39+,40-,41+/m0/s1. The van der Waals surface area contributed by atoms with Crippen molar-refractivity contribution in [3.8, 4) is 0 Å². The van der Waals surface area contributed by atoms with Crippen LogP contribution in [0.15, 0.2) is 91.0 Å². The minimum atomic E-state index is -0.729. The monoisotopic (exact) mass is 748 g/mol. The second kappa shape index (κ2) is 20.8. The molecule has 11 heteroatoms. The number of rotatable bonds is 19. The van der Waals surface area contributed by atoms with E-state index in [9.17, 15) is 19.8 Å². The van der Waals surface area contributed by atoms with E-state index in [-0.39, 0.29) is 52.0 Å². The summed E-state index contributed by atoms with van der Waals surface area (Å²) in [5, 5.41) is 27.6. The summed E-state index contributed by atoms with van der Waals surface area (Å²) < 4.78 is 32.0. The van der Waals surface area contributed by atoms with Crippen LogP contribution in [0.1, 0.15) is 71.1 Å². The number of aliphatic hydroxyl groups excluding tert-OH is 2. The number of esters is 2. The lowest BCUT2D eigenvalue weighted by molar-refractivity contribution is -0.185. The molecule has 296 valence electrons. The fourth-order valence-electron chi connectivity index (χ4n) is 6.72. The molecule has 3 aromatic carbocycles. The summed E-state index contributed by atoms with van der Waals surface area (Å²) in [5.74, 6) is -1.28. The molecule has 1 aliphatic rings. The molecule has 0 saturated heterocycles. The number of carbonyl (C=O) groups is 2. The summed E-state index contributed by atoms with van der Waals surface area (Å²) >= 11 is 0. The highest BCUT2D eigenvalue weighted by molar-refractivity contribution is 5.72. The molecule has 1 fully saturated rings. The van der Waals surface area contributed by atoms with E-state index in [1.807, 2.05) is 133 Å². The quantitative estimate of drug-likeness (QED) is 0.122. The van der Waals surface area contributed by atoms with Gasteiger partial charge >= 0.3 is 11.9 Å². The van der Waals surface area contributed by atoms with E-state index in [4.69, 9.17) is 23.7 Å². The average Bonchev–Trinajstić information content (AvgIpc) is 3.13. The molecule has 0 aromatic heterocycles. The van der Waals surface area contributed by atoms with Crippen molar-refractivity contribution in [1.29, 1.82) is 0 Å². The number of hydrogen-bond donors (Lipinski definition) is 4. The summed E-state index contributed by atoms with van der Waals surface area (Å²) in [6.45, 7) is 10.8. The molecule has 4 N–H and O–H groups in total. The molecular formula is C43H60N2O9. The van der Waals surface area contributed by atoms with Gasteiger partial charge in [0.25, 0.3) is 0 Å². The van der Waals surface area contributed by atoms with Gasteiger partial charge in [0, 0.05) is 12.3 Å². The Labute approximate surface area is 320 Å². The van der Waals surface area contributed by atoms with E-state index in [0.717, 1.165) is 16.7 Å². The second-order valence-electron chi connectivity index (χ2n) is 15.8. The van der Waals surface area contributed by atoms with Gasteiger partial charge in [0.15, 0.2) is 0 Å². The number of carbonyl (C=O) groups excluding carboxylic acids is 2. The van der Waals surface area contributed by atoms with Gasteiger partial charge in [-0.1, -0.05) is 91.0 Å². The Kier molecular flexibility index (Phi) is 16.6. The van der Waals surface area contributed by atoms with Crippen molar-refractivity contribution in [2.24, 2.45) is 5.92 Å². The van der Waals surface area contributed by atoms with Crippen LogP contribution in [0.3, 0.4) is 0 Å². The van der Waals surface area contributed by atoms with Crippen LogP contribution < -0.4 is 10.6 Å². The first-order valence-electron chi connectivity index (χ1n) is 18.9. The molecule has 1 aliphatic carbocycles. The van der Waals surface area contributed by atoms with Gasteiger partial charge in [-0.25, -0.2) is 0 Å². The highest BCUT2D eigenvalue weighted by atomic mass is 16.6. The van der Waals surface area contributed by atoms with Crippen molar-refractivity contribution in [3.63, 3.8) is 0 Å². The maximum Gasteiger partial charge on any atom is 0.320 e. The van der Waals surface area contributed by atoms with Crippen molar-refractivity contribution < 1.29 is 43.5 Å². The first kappa shape index (κ1) is 43.1. The predicted molar refractivity (Wildman–Crippen MR) is 206 cm³/mol. The highest BCUT2D eigenvalue weighted by Gasteiger charge is 2.53. The van der Waals surface area contributed by atoms with Crippen LogP contribution in [0.4, 0.5) is 0 Å². The zero-order valence-electron chi connectivity index (χ0n) is 32.6. The number of nitrogens with one attached hydrogen (secondary N) is 2. The molecular weight excluding hydrogens is 688 g/mol. The molecule has 3 aromatic rings. The van der Waals surface area contributed by atoms with Crippen LogP contribution in [0, 0.1) is 5.92 Å². The van der Waals surface area contributed by atoms with Crippen molar-refractivity contribution in [1.82, 2.24) is 10.6 Å². The van der Waals surface area contributed by atoms with Gasteiger partial charge in [0.1, 0.15) is 11.2 Å². The fourth-order valence-corrected chi connectivity index (χ4v) is 6.72. The molecule has 0 bridgehead atoms. The van der Waals surface area contributed by atoms with Crippen molar-refractivity contribution in [3.05, 3.63) is 108 Å². The highest BCUT2D eigenvalue weighted by Crippen LogP contribution is 2.37. The molecule has 54 heavy (non-hydrogen) atoms. The predicted octanol–water partition coefficient (Wildman–Crippen LogP) is 5.11. The van der Waals surface area contributed by atoms with E-state index in [1.165, 1.54) is 0 Å². The van der Waals surface area contributed by atoms with Crippen LogP contribution in [-0.4, -0.2) is 89.5 Å². The first-order chi connectivity index (χ1) is 25.8. The smallest absolute Gasteiger partial charge is 0.320 e. The van der Waals surface area contributed by atoms with E-state index in [2.05, 4.69) is 10.6 Å². The Hall–Kier alpha value is -3.68. The van der Waals surface area contributed by atoms with Crippen molar-refractivity contribution >= 4 is 11.9 Å². The Morgan fingerprint density at radius 3 is 1.44 bits per heavy atom. The molecule has 11 nitrogen and oxygen atoms in total. The Morgan fingerprint density at radius 2 is 1.02 bits per heavy atom. The van der Waals surface area contributed by atoms with Gasteiger partial charge < -0.3 is 39.2 Å². The summed E-state index contributed by atoms with van der Waals surface area (Å²) in [4.78, 5) is 26.5. The van der Waals surface area contributed by atoms with Crippen LogP contribution >= 0.6 is 0 Å². The van der Waals surface area contributed by atoms with Gasteiger partial charge in [0.05, 0.1) is 76.0 Å². The molecule has 0 amide bonds. The first-order valence-corrected chi connectivity index (χ1v) is 18.9. The summed E-state index contributed by atoms with van der Waals surface area (Å²) in [7, 11) is 0. The second-order valence-corrected chi connectivity index (χ2v) is 15.8. The van der Waals surface area contributed by atoms with Gasteiger partial charge in [-0.05, 0) is 64.7 Å². The van der Waals surface area contributed by atoms with E-state index < -0.39 is 59.5 Å². The van der Waals surface area contributed by atoms with Crippen molar-refractivity contribution in [2.45, 2.75) is 122 Å². The molecule has 0 radical (unpaired) electrons. The Morgan fingerprint density at radius 1 is 0.611 bits per heavy atom. The minimum absolute atomic E-state index is 0.0722. The van der Waals surface area contributed by atoms with Gasteiger partial charge in [-0.3, -0.25) is 14.9 Å². The van der Waals surface area contributed by atoms with E-state index in [0.29, 0.717) is 6.42 Å². The molecule has 4 rings (SSSR count). The largest absolute Gasteiger partial charge is 0.460 e. The van der Waals surface area contributed by atoms with Crippen LogP contribution in [-0.2, 0) is 53.1 Å². The Balaban J connectivity index is 1.83. The third kappa shape index (κ3) is 14.2. The maximum atomic E-state index is 13.3. The zero-order chi connectivity index (χ0) is 39.1.